The molecule has 0 aromatic heterocycles. The van der Waals surface area contributed by atoms with Gasteiger partial charge in [-0.15, -0.1) is 11.6 Å². The largest absolute Gasteiger partial charge is 0.192 e. The van der Waals surface area contributed by atoms with Gasteiger partial charge in [0.15, 0.2) is 0 Å². The molecule has 0 radical (unpaired) electrons. The summed E-state index contributed by atoms with van der Waals surface area (Å²) in [5.41, 5.74) is 0. The second-order valence-corrected chi connectivity index (χ2v) is 2.60. The third kappa shape index (κ3) is 1.44. The van der Waals surface area contributed by atoms with Gasteiger partial charge in [0.25, 0.3) is 0 Å². The summed E-state index contributed by atoms with van der Waals surface area (Å²) in [4.78, 5) is 0. The minimum Gasteiger partial charge on any atom is -0.192 e. The lowest BCUT2D eigenvalue weighted by Gasteiger charge is -2.21. The van der Waals surface area contributed by atoms with E-state index < -0.39 is 6.04 Å². The van der Waals surface area contributed by atoms with Gasteiger partial charge in [0, 0.05) is 5.88 Å². The second-order valence-electron chi connectivity index (χ2n) is 1.91. The first-order chi connectivity index (χ1) is 4.75. The molecule has 1 aliphatic heterocycles. The second kappa shape index (κ2) is 3.26. The molecule has 0 fully saturated rings. The Bertz CT molecular complexity index is 179. The summed E-state index contributed by atoms with van der Waals surface area (Å²) in [6.07, 6.45) is 4.81. The molecule has 0 amide bonds. The minimum absolute atomic E-state index is 0.0770. The SMILES string of the molecule is FN1C(Cl)=CC=CC1CCl. The van der Waals surface area contributed by atoms with E-state index in [9.17, 15) is 4.48 Å². The lowest BCUT2D eigenvalue weighted by atomic mass is 10.2. The van der Waals surface area contributed by atoms with Crippen molar-refractivity contribution in [2.75, 3.05) is 5.88 Å². The Hall–Kier alpha value is -0.210. The van der Waals surface area contributed by atoms with E-state index in [0.717, 1.165) is 0 Å². The van der Waals surface area contributed by atoms with Crippen LogP contribution in [0, 0.1) is 0 Å². The molecule has 56 valence electrons. The van der Waals surface area contributed by atoms with Crippen LogP contribution >= 0.6 is 23.2 Å². The number of hydrogen-bond acceptors (Lipinski definition) is 1. The number of halogens is 3. The summed E-state index contributed by atoms with van der Waals surface area (Å²) in [5.74, 6) is 0.205. The molecule has 4 heteroatoms. The molecule has 1 rings (SSSR count). The monoisotopic (exact) mass is 181 g/mol. The molecule has 0 bridgehead atoms. The fourth-order valence-corrected chi connectivity index (χ4v) is 1.10. The average Bonchev–Trinajstić information content (AvgIpc) is 1.95. The van der Waals surface area contributed by atoms with Crippen molar-refractivity contribution in [3.8, 4) is 0 Å². The summed E-state index contributed by atoms with van der Waals surface area (Å²) in [6.45, 7) is 0. The molecule has 1 aliphatic rings. The number of hydrogen-bond donors (Lipinski definition) is 0. The Kier molecular flexibility index (Phi) is 2.57. The van der Waals surface area contributed by atoms with Crippen LogP contribution in [-0.2, 0) is 0 Å². The van der Waals surface area contributed by atoms with Gasteiger partial charge < -0.3 is 0 Å². The fourth-order valence-electron chi connectivity index (χ4n) is 0.680. The van der Waals surface area contributed by atoms with Crippen molar-refractivity contribution < 1.29 is 4.48 Å². The number of nitrogens with zero attached hydrogens (tertiary/aromatic N) is 1. The van der Waals surface area contributed by atoms with Gasteiger partial charge in [0.2, 0.25) is 0 Å². The molecule has 0 aromatic carbocycles. The molecule has 0 spiro atoms. The van der Waals surface area contributed by atoms with Gasteiger partial charge in [-0.1, -0.05) is 28.2 Å². The summed E-state index contributed by atoms with van der Waals surface area (Å²) >= 11 is 10.9. The van der Waals surface area contributed by atoms with E-state index >= 15 is 0 Å². The van der Waals surface area contributed by atoms with E-state index in [1.807, 2.05) is 0 Å². The van der Waals surface area contributed by atoms with Crippen molar-refractivity contribution in [3.05, 3.63) is 23.4 Å². The minimum atomic E-state index is -0.417. The molecule has 10 heavy (non-hydrogen) atoms. The van der Waals surface area contributed by atoms with Gasteiger partial charge in [-0.05, 0) is 6.08 Å². The normalized spacial score (nSPS) is 24.9. The predicted molar refractivity (Wildman–Crippen MR) is 40.5 cm³/mol. The summed E-state index contributed by atoms with van der Waals surface area (Å²) < 4.78 is 12.7. The molecule has 0 saturated heterocycles. The van der Waals surface area contributed by atoms with E-state index in [1.54, 1.807) is 12.2 Å². The highest BCUT2D eigenvalue weighted by molar-refractivity contribution is 6.29. The van der Waals surface area contributed by atoms with Gasteiger partial charge >= 0.3 is 0 Å². The van der Waals surface area contributed by atoms with Crippen molar-refractivity contribution in [2.24, 2.45) is 0 Å². The van der Waals surface area contributed by atoms with E-state index in [-0.39, 0.29) is 11.0 Å². The first-order valence-electron chi connectivity index (χ1n) is 2.80. The Balaban J connectivity index is 2.68. The van der Waals surface area contributed by atoms with Crippen LogP contribution in [-0.4, -0.2) is 17.0 Å². The zero-order valence-electron chi connectivity index (χ0n) is 5.10. The maximum Gasteiger partial charge on any atom is 0.135 e. The smallest absolute Gasteiger partial charge is 0.135 e. The first-order valence-corrected chi connectivity index (χ1v) is 3.72. The van der Waals surface area contributed by atoms with E-state index in [2.05, 4.69) is 0 Å². The lowest BCUT2D eigenvalue weighted by Crippen LogP contribution is -2.27. The highest BCUT2D eigenvalue weighted by Crippen LogP contribution is 2.20. The zero-order valence-corrected chi connectivity index (χ0v) is 6.61. The average molecular weight is 182 g/mol. The van der Waals surface area contributed by atoms with Gasteiger partial charge in [-0.3, -0.25) is 0 Å². The van der Waals surface area contributed by atoms with Gasteiger partial charge in [-0.2, -0.15) is 5.12 Å². The number of rotatable bonds is 1. The van der Waals surface area contributed by atoms with Crippen LogP contribution in [0.25, 0.3) is 0 Å². The molecule has 1 unspecified atom stereocenters. The maximum atomic E-state index is 12.7. The van der Waals surface area contributed by atoms with Gasteiger partial charge in [-0.25, -0.2) is 0 Å². The predicted octanol–water partition coefficient (Wildman–Crippen LogP) is 2.43. The highest BCUT2D eigenvalue weighted by atomic mass is 35.5. The van der Waals surface area contributed by atoms with Crippen LogP contribution in [0.15, 0.2) is 23.4 Å². The molecule has 0 aromatic rings. The standard InChI is InChI=1S/C6H6Cl2FN/c7-4-5-2-1-3-6(8)10(5)9/h1-3,5H,4H2. The zero-order chi connectivity index (χ0) is 7.56. The van der Waals surface area contributed by atoms with E-state index in [0.29, 0.717) is 5.12 Å². The molecule has 1 heterocycles. The van der Waals surface area contributed by atoms with Crippen molar-refractivity contribution >= 4 is 23.2 Å². The van der Waals surface area contributed by atoms with E-state index in [4.69, 9.17) is 23.2 Å². The molecule has 1 atom stereocenters. The van der Waals surface area contributed by atoms with E-state index in [1.165, 1.54) is 6.08 Å². The summed E-state index contributed by atoms with van der Waals surface area (Å²) in [6, 6.07) is -0.417. The van der Waals surface area contributed by atoms with Crippen LogP contribution in [0.4, 0.5) is 4.48 Å². The quantitative estimate of drug-likeness (QED) is 0.342. The molecule has 0 N–H and O–H groups in total. The topological polar surface area (TPSA) is 3.24 Å². The van der Waals surface area contributed by atoms with Crippen molar-refractivity contribution in [3.63, 3.8) is 0 Å². The molecular formula is C6H6Cl2FN. The van der Waals surface area contributed by atoms with Crippen LogP contribution in [0.3, 0.4) is 0 Å². The highest BCUT2D eigenvalue weighted by Gasteiger charge is 2.17. The molecule has 0 saturated carbocycles. The maximum absolute atomic E-state index is 12.7. The van der Waals surface area contributed by atoms with Crippen LogP contribution < -0.4 is 0 Å². The van der Waals surface area contributed by atoms with Crippen molar-refractivity contribution in [2.45, 2.75) is 6.04 Å². The first kappa shape index (κ1) is 7.89. The van der Waals surface area contributed by atoms with Crippen LogP contribution in [0.5, 0.6) is 0 Å². The Labute approximate surface area is 68.6 Å². The Morgan fingerprint density at radius 3 is 2.90 bits per heavy atom. The van der Waals surface area contributed by atoms with Crippen LogP contribution in [0.1, 0.15) is 0 Å². The fraction of sp³-hybridized carbons (Fsp3) is 0.333. The van der Waals surface area contributed by atoms with Crippen LogP contribution in [0.2, 0.25) is 0 Å². The molecule has 0 aliphatic carbocycles. The number of alkyl halides is 1. The number of allylic oxidation sites excluding steroid dienone is 2. The summed E-state index contributed by atoms with van der Waals surface area (Å²) in [5, 5.41) is 0.516. The van der Waals surface area contributed by atoms with Crippen molar-refractivity contribution in [1.82, 2.24) is 5.12 Å². The third-order valence-corrected chi connectivity index (χ3v) is 1.82. The molecule has 1 nitrogen and oxygen atoms in total. The Morgan fingerprint density at radius 1 is 1.70 bits per heavy atom. The van der Waals surface area contributed by atoms with Gasteiger partial charge in [0.1, 0.15) is 5.16 Å². The molecular weight excluding hydrogens is 176 g/mol. The lowest BCUT2D eigenvalue weighted by molar-refractivity contribution is 0.0576. The Morgan fingerprint density at radius 2 is 2.40 bits per heavy atom. The third-order valence-electron chi connectivity index (χ3n) is 1.22. The van der Waals surface area contributed by atoms with Gasteiger partial charge in [0.05, 0.1) is 6.04 Å². The van der Waals surface area contributed by atoms with Crippen molar-refractivity contribution in [1.29, 1.82) is 0 Å². The summed E-state index contributed by atoms with van der Waals surface area (Å²) in [7, 11) is 0.